The summed E-state index contributed by atoms with van der Waals surface area (Å²) in [5.74, 6) is 0. The topological polar surface area (TPSA) is 58.6 Å². The van der Waals surface area contributed by atoms with Gasteiger partial charge < -0.3 is 15.2 Å². The van der Waals surface area contributed by atoms with E-state index in [4.69, 9.17) is 5.11 Å². The molecular formula is C12H14F3NO3. The van der Waals surface area contributed by atoms with Crippen LogP contribution in [0.5, 0.6) is 0 Å². The van der Waals surface area contributed by atoms with Gasteiger partial charge in [-0.3, -0.25) is 0 Å². The molecule has 0 aliphatic heterocycles. The summed E-state index contributed by atoms with van der Waals surface area (Å²) >= 11 is 0. The van der Waals surface area contributed by atoms with Gasteiger partial charge in [-0.2, -0.15) is 13.2 Å². The highest BCUT2D eigenvalue weighted by Gasteiger charge is 2.44. The van der Waals surface area contributed by atoms with Crippen LogP contribution in [0.2, 0.25) is 0 Å². The lowest BCUT2D eigenvalue weighted by Crippen LogP contribution is -2.51. The Balaban J connectivity index is 2.50. The molecule has 1 aromatic rings. The SMILES string of the molecule is C[C@@H](O)[C@@H](NC(=O)OCc1ccccc1)C(F)(F)F. The highest BCUT2D eigenvalue weighted by Crippen LogP contribution is 2.22. The number of rotatable bonds is 4. The van der Waals surface area contributed by atoms with Crippen molar-refractivity contribution in [2.75, 3.05) is 0 Å². The first-order valence-corrected chi connectivity index (χ1v) is 5.52. The minimum Gasteiger partial charge on any atom is -0.445 e. The zero-order valence-electron chi connectivity index (χ0n) is 10.1. The van der Waals surface area contributed by atoms with Crippen LogP contribution in [-0.4, -0.2) is 29.5 Å². The second-order valence-electron chi connectivity index (χ2n) is 3.97. The summed E-state index contributed by atoms with van der Waals surface area (Å²) in [5, 5.41) is 10.6. The molecule has 19 heavy (non-hydrogen) atoms. The Morgan fingerprint density at radius 3 is 2.42 bits per heavy atom. The van der Waals surface area contributed by atoms with E-state index < -0.39 is 24.4 Å². The van der Waals surface area contributed by atoms with Crippen LogP contribution in [0.15, 0.2) is 30.3 Å². The fourth-order valence-electron chi connectivity index (χ4n) is 1.37. The van der Waals surface area contributed by atoms with Gasteiger partial charge in [0.2, 0.25) is 0 Å². The maximum absolute atomic E-state index is 12.5. The van der Waals surface area contributed by atoms with Crippen LogP contribution in [-0.2, 0) is 11.3 Å². The number of carbonyl (C=O) groups excluding carboxylic acids is 1. The van der Waals surface area contributed by atoms with Crippen molar-refractivity contribution < 1.29 is 27.8 Å². The highest BCUT2D eigenvalue weighted by molar-refractivity contribution is 5.67. The van der Waals surface area contributed by atoms with E-state index in [-0.39, 0.29) is 6.61 Å². The normalized spacial score (nSPS) is 14.6. The fourth-order valence-corrected chi connectivity index (χ4v) is 1.37. The van der Waals surface area contributed by atoms with Crippen molar-refractivity contribution in [1.82, 2.24) is 5.32 Å². The largest absolute Gasteiger partial charge is 0.445 e. The number of halogens is 3. The van der Waals surface area contributed by atoms with Crippen molar-refractivity contribution in [3.05, 3.63) is 35.9 Å². The van der Waals surface area contributed by atoms with Gasteiger partial charge in [0.15, 0.2) is 6.04 Å². The third kappa shape index (κ3) is 5.17. The minimum absolute atomic E-state index is 0.142. The molecule has 0 heterocycles. The summed E-state index contributed by atoms with van der Waals surface area (Å²) in [7, 11) is 0. The number of aliphatic hydroxyl groups is 1. The molecule has 1 aromatic carbocycles. The smallest absolute Gasteiger partial charge is 0.411 e. The average molecular weight is 277 g/mol. The van der Waals surface area contributed by atoms with Crippen LogP contribution in [0.1, 0.15) is 12.5 Å². The van der Waals surface area contributed by atoms with Crippen LogP contribution < -0.4 is 5.32 Å². The number of amides is 1. The monoisotopic (exact) mass is 277 g/mol. The Kier molecular flexibility index (Phi) is 5.17. The second-order valence-corrected chi connectivity index (χ2v) is 3.97. The van der Waals surface area contributed by atoms with Gasteiger partial charge in [0, 0.05) is 0 Å². The van der Waals surface area contributed by atoms with Crippen molar-refractivity contribution in [2.45, 2.75) is 31.9 Å². The zero-order valence-corrected chi connectivity index (χ0v) is 10.1. The van der Waals surface area contributed by atoms with E-state index in [1.807, 2.05) is 0 Å². The van der Waals surface area contributed by atoms with Crippen molar-refractivity contribution >= 4 is 6.09 Å². The minimum atomic E-state index is -4.74. The molecule has 0 saturated heterocycles. The van der Waals surface area contributed by atoms with Crippen LogP contribution in [0.3, 0.4) is 0 Å². The fraction of sp³-hybridized carbons (Fsp3) is 0.417. The number of carbonyl (C=O) groups is 1. The summed E-state index contributed by atoms with van der Waals surface area (Å²) in [6.45, 7) is 0.798. The third-order valence-electron chi connectivity index (χ3n) is 2.32. The predicted molar refractivity (Wildman–Crippen MR) is 61.3 cm³/mol. The average Bonchev–Trinajstić information content (AvgIpc) is 2.33. The van der Waals surface area contributed by atoms with Gasteiger partial charge in [0.1, 0.15) is 6.61 Å². The second kappa shape index (κ2) is 6.42. The summed E-state index contributed by atoms with van der Waals surface area (Å²) in [6.07, 6.45) is -7.73. The Morgan fingerprint density at radius 2 is 1.95 bits per heavy atom. The van der Waals surface area contributed by atoms with Crippen LogP contribution in [0, 0.1) is 0 Å². The molecular weight excluding hydrogens is 263 g/mol. The van der Waals surface area contributed by atoms with Gasteiger partial charge in [0.25, 0.3) is 0 Å². The summed E-state index contributed by atoms with van der Waals surface area (Å²) in [4.78, 5) is 11.2. The maximum Gasteiger partial charge on any atom is 0.411 e. The molecule has 1 rings (SSSR count). The Morgan fingerprint density at radius 1 is 1.37 bits per heavy atom. The third-order valence-corrected chi connectivity index (χ3v) is 2.32. The molecule has 2 N–H and O–H groups in total. The quantitative estimate of drug-likeness (QED) is 0.887. The Bertz CT molecular complexity index is 406. The highest BCUT2D eigenvalue weighted by atomic mass is 19.4. The van der Waals surface area contributed by atoms with E-state index in [0.717, 1.165) is 6.92 Å². The predicted octanol–water partition coefficient (Wildman–Crippen LogP) is 2.22. The first kappa shape index (κ1) is 15.3. The van der Waals surface area contributed by atoms with Crippen LogP contribution in [0.25, 0.3) is 0 Å². The van der Waals surface area contributed by atoms with E-state index in [1.165, 1.54) is 0 Å². The van der Waals surface area contributed by atoms with Crippen molar-refractivity contribution in [3.63, 3.8) is 0 Å². The molecule has 106 valence electrons. The molecule has 0 unspecified atom stereocenters. The Labute approximate surface area is 108 Å². The molecule has 0 saturated carbocycles. The summed E-state index contributed by atoms with van der Waals surface area (Å²) in [5.41, 5.74) is 0.651. The first-order valence-electron chi connectivity index (χ1n) is 5.52. The van der Waals surface area contributed by atoms with Crippen molar-refractivity contribution in [2.24, 2.45) is 0 Å². The molecule has 0 fully saturated rings. The van der Waals surface area contributed by atoms with E-state index >= 15 is 0 Å². The lowest BCUT2D eigenvalue weighted by atomic mass is 10.2. The number of aliphatic hydroxyl groups excluding tert-OH is 1. The number of alkyl carbamates (subject to hydrolysis) is 1. The van der Waals surface area contributed by atoms with Gasteiger partial charge in [-0.15, -0.1) is 0 Å². The summed E-state index contributed by atoms with van der Waals surface area (Å²) < 4.78 is 42.0. The van der Waals surface area contributed by atoms with Crippen LogP contribution >= 0.6 is 0 Å². The van der Waals surface area contributed by atoms with Gasteiger partial charge in [-0.25, -0.2) is 4.79 Å². The number of alkyl halides is 3. The first-order chi connectivity index (χ1) is 8.80. The number of hydrogen-bond donors (Lipinski definition) is 2. The van der Waals surface area contributed by atoms with Crippen LogP contribution in [0.4, 0.5) is 18.0 Å². The van der Waals surface area contributed by atoms with E-state index in [2.05, 4.69) is 4.74 Å². The molecule has 0 radical (unpaired) electrons. The molecule has 0 aromatic heterocycles. The zero-order chi connectivity index (χ0) is 14.5. The van der Waals surface area contributed by atoms with Gasteiger partial charge in [-0.1, -0.05) is 30.3 Å². The summed E-state index contributed by atoms with van der Waals surface area (Å²) in [6, 6.07) is 6.18. The molecule has 7 heteroatoms. The molecule has 0 bridgehead atoms. The maximum atomic E-state index is 12.5. The molecule has 0 aliphatic carbocycles. The Hall–Kier alpha value is -1.76. The van der Waals surface area contributed by atoms with Gasteiger partial charge in [-0.05, 0) is 12.5 Å². The lowest BCUT2D eigenvalue weighted by Gasteiger charge is -2.23. The van der Waals surface area contributed by atoms with E-state index in [1.54, 1.807) is 35.6 Å². The molecule has 4 nitrogen and oxygen atoms in total. The molecule has 1 amide bonds. The standard InChI is InChI=1S/C12H14F3NO3/c1-8(17)10(12(13,14)15)16-11(18)19-7-9-5-3-2-4-6-9/h2-6,8,10,17H,7H2,1H3,(H,16,18)/t8-,10-/m1/s1. The van der Waals surface area contributed by atoms with Gasteiger partial charge in [0.05, 0.1) is 6.10 Å². The van der Waals surface area contributed by atoms with Gasteiger partial charge >= 0.3 is 12.3 Å². The molecule has 2 atom stereocenters. The van der Waals surface area contributed by atoms with Crippen molar-refractivity contribution in [1.29, 1.82) is 0 Å². The van der Waals surface area contributed by atoms with E-state index in [0.29, 0.717) is 5.56 Å². The number of ether oxygens (including phenoxy) is 1. The molecule has 0 aliphatic rings. The number of hydrogen-bond acceptors (Lipinski definition) is 3. The number of nitrogens with one attached hydrogen (secondary N) is 1. The number of benzene rings is 1. The molecule has 0 spiro atoms. The van der Waals surface area contributed by atoms with Crippen molar-refractivity contribution in [3.8, 4) is 0 Å². The van der Waals surface area contributed by atoms with E-state index in [9.17, 15) is 18.0 Å². The lowest BCUT2D eigenvalue weighted by molar-refractivity contribution is -0.173.